The molecule has 2 N–H and O–H groups in total. The van der Waals surface area contributed by atoms with Gasteiger partial charge in [0.1, 0.15) is 0 Å². The molecule has 0 atom stereocenters. The molecule has 0 aliphatic rings. The van der Waals surface area contributed by atoms with Gasteiger partial charge in [-0.15, -0.1) is 0 Å². The third-order valence-corrected chi connectivity index (χ3v) is 4.53. The van der Waals surface area contributed by atoms with Gasteiger partial charge in [-0.2, -0.15) is 14.8 Å². The van der Waals surface area contributed by atoms with Crippen LogP contribution in [0.15, 0.2) is 23.1 Å². The van der Waals surface area contributed by atoms with Crippen LogP contribution in [0.2, 0.25) is 0 Å². The summed E-state index contributed by atoms with van der Waals surface area (Å²) in [6, 6.07) is 8.40. The fourth-order valence-electron chi connectivity index (χ4n) is 1.78. The van der Waals surface area contributed by atoms with E-state index in [1.165, 1.54) is 12.1 Å². The van der Waals surface area contributed by atoms with Crippen LogP contribution in [0.5, 0.6) is 0 Å². The molecule has 0 saturated carbocycles. The van der Waals surface area contributed by atoms with E-state index in [9.17, 15) is 8.42 Å². The summed E-state index contributed by atoms with van der Waals surface area (Å²) in [6.45, 7) is 1.88. The molecule has 0 aliphatic carbocycles. The summed E-state index contributed by atoms with van der Waals surface area (Å²) in [4.78, 5) is 0.0888. The van der Waals surface area contributed by atoms with Crippen LogP contribution >= 0.6 is 0 Å². The molecule has 0 aliphatic heterocycles. The van der Waals surface area contributed by atoms with E-state index in [1.807, 2.05) is 12.1 Å². The molecule has 0 heterocycles. The van der Waals surface area contributed by atoms with Crippen LogP contribution in [0.3, 0.4) is 0 Å². The fourth-order valence-corrected chi connectivity index (χ4v) is 3.36. The van der Waals surface area contributed by atoms with Crippen LogP contribution in [0.25, 0.3) is 0 Å². The third-order valence-electron chi connectivity index (χ3n) is 2.66. The van der Waals surface area contributed by atoms with Crippen molar-refractivity contribution in [3.05, 3.63) is 23.8 Å². The molecule has 0 fully saturated rings. The van der Waals surface area contributed by atoms with Crippen LogP contribution in [0.4, 0.5) is 5.69 Å². The summed E-state index contributed by atoms with van der Waals surface area (Å²) in [5.41, 5.74) is 6.77. The molecule has 0 radical (unpaired) electrons. The lowest BCUT2D eigenvalue weighted by molar-refractivity contribution is 0.425. The Morgan fingerprint density at radius 1 is 1.15 bits per heavy atom. The molecule has 1 aromatic rings. The van der Waals surface area contributed by atoms with Crippen LogP contribution in [0, 0.1) is 29.6 Å². The second kappa shape index (κ2) is 6.90. The first-order valence-electron chi connectivity index (χ1n) is 6.03. The van der Waals surface area contributed by atoms with Crippen molar-refractivity contribution < 1.29 is 8.42 Å². The van der Waals surface area contributed by atoms with Gasteiger partial charge in [0.15, 0.2) is 0 Å². The van der Waals surface area contributed by atoms with Crippen molar-refractivity contribution in [2.75, 3.05) is 18.8 Å². The summed E-state index contributed by atoms with van der Waals surface area (Å²) in [5.74, 6) is 0. The minimum absolute atomic E-state index is 0.0638. The lowest BCUT2D eigenvalue weighted by atomic mass is 10.2. The summed E-state index contributed by atoms with van der Waals surface area (Å²) in [5, 5.41) is 17.2. The number of nitriles is 2. The summed E-state index contributed by atoms with van der Waals surface area (Å²) >= 11 is 0. The maximum atomic E-state index is 12.5. The monoisotopic (exact) mass is 292 g/mol. The number of nitrogens with two attached hydrogens (primary N) is 1. The van der Waals surface area contributed by atoms with Crippen molar-refractivity contribution in [2.45, 2.75) is 24.7 Å². The Balaban J connectivity index is 3.14. The zero-order chi connectivity index (χ0) is 15.2. The number of hydrogen-bond acceptors (Lipinski definition) is 5. The second-order valence-electron chi connectivity index (χ2n) is 4.30. The Morgan fingerprint density at radius 2 is 1.70 bits per heavy atom. The van der Waals surface area contributed by atoms with E-state index in [4.69, 9.17) is 16.3 Å². The van der Waals surface area contributed by atoms with Crippen molar-refractivity contribution in [1.29, 1.82) is 10.5 Å². The Morgan fingerprint density at radius 3 is 2.15 bits per heavy atom. The van der Waals surface area contributed by atoms with Gasteiger partial charge in [-0.1, -0.05) is 0 Å². The van der Waals surface area contributed by atoms with E-state index in [0.29, 0.717) is 5.69 Å². The predicted octanol–water partition coefficient (Wildman–Crippen LogP) is 1.40. The van der Waals surface area contributed by atoms with Gasteiger partial charge in [0.2, 0.25) is 10.0 Å². The predicted molar refractivity (Wildman–Crippen MR) is 74.8 cm³/mol. The third kappa shape index (κ3) is 3.95. The van der Waals surface area contributed by atoms with Gasteiger partial charge < -0.3 is 5.73 Å². The average molecular weight is 292 g/mol. The molecular weight excluding hydrogens is 276 g/mol. The van der Waals surface area contributed by atoms with E-state index in [-0.39, 0.29) is 30.8 Å². The molecule has 1 rings (SSSR count). The highest BCUT2D eigenvalue weighted by molar-refractivity contribution is 7.89. The van der Waals surface area contributed by atoms with E-state index >= 15 is 0 Å². The molecule has 20 heavy (non-hydrogen) atoms. The summed E-state index contributed by atoms with van der Waals surface area (Å²) in [6.07, 6.45) is 0.151. The zero-order valence-corrected chi connectivity index (χ0v) is 12.0. The quantitative estimate of drug-likeness (QED) is 0.796. The topological polar surface area (TPSA) is 111 Å². The highest BCUT2D eigenvalue weighted by Gasteiger charge is 2.24. The van der Waals surface area contributed by atoms with Crippen LogP contribution in [0.1, 0.15) is 18.4 Å². The number of aryl methyl sites for hydroxylation is 1. The fraction of sp³-hybridized carbons (Fsp3) is 0.385. The van der Waals surface area contributed by atoms with Crippen LogP contribution in [-0.4, -0.2) is 25.8 Å². The molecule has 1 aromatic carbocycles. The number of nitrogens with zero attached hydrogens (tertiary/aromatic N) is 3. The maximum Gasteiger partial charge on any atom is 0.243 e. The van der Waals surface area contributed by atoms with E-state index < -0.39 is 10.0 Å². The molecule has 0 spiro atoms. The maximum absolute atomic E-state index is 12.5. The smallest absolute Gasteiger partial charge is 0.243 e. The SMILES string of the molecule is Cc1cc(N)cc(S(=O)(=O)N(CCC#N)CCC#N)c1. The molecule has 6 nitrogen and oxygen atoms in total. The van der Waals surface area contributed by atoms with Gasteiger partial charge in [0.05, 0.1) is 17.0 Å². The standard InChI is InChI=1S/C13H16N4O2S/c1-11-8-12(16)10-13(9-11)20(18,19)17(6-2-4-14)7-3-5-15/h8-10H,2-3,6-7,16H2,1H3. The van der Waals surface area contributed by atoms with Crippen molar-refractivity contribution >= 4 is 15.7 Å². The first-order chi connectivity index (χ1) is 9.41. The Bertz CT molecular complexity index is 618. The Kier molecular flexibility index (Phi) is 5.51. The van der Waals surface area contributed by atoms with Crippen molar-refractivity contribution in [3.63, 3.8) is 0 Å². The highest BCUT2D eigenvalue weighted by Crippen LogP contribution is 2.20. The second-order valence-corrected chi connectivity index (χ2v) is 6.24. The molecule has 106 valence electrons. The van der Waals surface area contributed by atoms with Crippen LogP contribution < -0.4 is 5.73 Å². The van der Waals surface area contributed by atoms with E-state index in [0.717, 1.165) is 9.87 Å². The minimum atomic E-state index is -3.74. The average Bonchev–Trinajstić information content (AvgIpc) is 2.37. The zero-order valence-electron chi connectivity index (χ0n) is 11.2. The number of benzene rings is 1. The van der Waals surface area contributed by atoms with Crippen molar-refractivity contribution in [1.82, 2.24) is 4.31 Å². The number of nitrogen functional groups attached to an aromatic ring is 1. The number of sulfonamides is 1. The van der Waals surface area contributed by atoms with Crippen LogP contribution in [-0.2, 0) is 10.0 Å². The normalized spacial score (nSPS) is 11.0. The van der Waals surface area contributed by atoms with Gasteiger partial charge in [-0.25, -0.2) is 8.42 Å². The number of rotatable bonds is 6. The first-order valence-corrected chi connectivity index (χ1v) is 7.47. The van der Waals surface area contributed by atoms with Gasteiger partial charge in [0.25, 0.3) is 0 Å². The van der Waals surface area contributed by atoms with E-state index in [2.05, 4.69) is 0 Å². The largest absolute Gasteiger partial charge is 0.399 e. The van der Waals surface area contributed by atoms with E-state index in [1.54, 1.807) is 13.0 Å². The lowest BCUT2D eigenvalue weighted by Gasteiger charge is -2.20. The minimum Gasteiger partial charge on any atom is -0.399 e. The Hall–Kier alpha value is -2.09. The van der Waals surface area contributed by atoms with Crippen molar-refractivity contribution in [2.24, 2.45) is 0 Å². The van der Waals surface area contributed by atoms with Gasteiger partial charge in [-0.05, 0) is 30.7 Å². The van der Waals surface area contributed by atoms with Gasteiger partial charge in [0, 0.05) is 31.6 Å². The summed E-state index contributed by atoms with van der Waals surface area (Å²) in [7, 11) is -3.74. The number of anilines is 1. The lowest BCUT2D eigenvalue weighted by Crippen LogP contribution is -2.33. The molecule has 0 unspecified atom stereocenters. The highest BCUT2D eigenvalue weighted by atomic mass is 32.2. The molecule has 0 amide bonds. The molecule has 0 aromatic heterocycles. The summed E-state index contributed by atoms with van der Waals surface area (Å²) < 4.78 is 26.1. The molecule has 0 bridgehead atoms. The first kappa shape index (κ1) is 16.0. The van der Waals surface area contributed by atoms with Crippen molar-refractivity contribution in [3.8, 4) is 12.1 Å². The molecular formula is C13H16N4O2S. The number of hydrogen-bond donors (Lipinski definition) is 1. The molecule has 7 heteroatoms. The van der Waals surface area contributed by atoms with Gasteiger partial charge in [-0.3, -0.25) is 0 Å². The Labute approximate surface area is 119 Å². The molecule has 0 saturated heterocycles. The van der Waals surface area contributed by atoms with Gasteiger partial charge >= 0.3 is 0 Å².